The molecular formula is C28H36N4O7. The van der Waals surface area contributed by atoms with E-state index in [1.165, 1.54) is 25.4 Å². The van der Waals surface area contributed by atoms with Gasteiger partial charge in [0.2, 0.25) is 17.7 Å². The molecule has 0 aliphatic carbocycles. The van der Waals surface area contributed by atoms with Gasteiger partial charge in [0, 0.05) is 30.0 Å². The number of carbonyl (C=O) groups excluding carboxylic acids is 3. The second-order valence-electron chi connectivity index (χ2n) is 9.68. The minimum Gasteiger partial charge on any atom is -0.493 e. The number of methoxy groups -OCH3 is 2. The fourth-order valence-corrected chi connectivity index (χ4v) is 3.96. The Bertz CT molecular complexity index is 1270. The van der Waals surface area contributed by atoms with Crippen molar-refractivity contribution in [3.05, 3.63) is 59.7 Å². The number of furan rings is 1. The van der Waals surface area contributed by atoms with Crippen molar-refractivity contribution >= 4 is 23.5 Å². The zero-order chi connectivity index (χ0) is 28.6. The number of ether oxygens (including phenoxy) is 2. The normalized spacial score (nSPS) is 11.9. The summed E-state index contributed by atoms with van der Waals surface area (Å²) in [4.78, 5) is 41.6. The van der Waals surface area contributed by atoms with E-state index < -0.39 is 29.3 Å². The van der Waals surface area contributed by atoms with Crippen LogP contribution < -0.4 is 20.1 Å². The third-order valence-corrected chi connectivity index (χ3v) is 6.32. The highest BCUT2D eigenvalue weighted by molar-refractivity contribution is 5.94. The molecule has 0 bridgehead atoms. The Labute approximate surface area is 227 Å². The fourth-order valence-electron chi connectivity index (χ4n) is 3.96. The number of carbonyl (C=O) groups is 3. The van der Waals surface area contributed by atoms with Crippen molar-refractivity contribution in [3.8, 4) is 11.5 Å². The number of anilines is 1. The number of nitrogens with one attached hydrogen (secondary N) is 2. The number of amides is 3. The lowest BCUT2D eigenvalue weighted by molar-refractivity contribution is -0.143. The molecule has 0 spiro atoms. The van der Waals surface area contributed by atoms with Crippen molar-refractivity contribution < 1.29 is 32.8 Å². The van der Waals surface area contributed by atoms with Crippen LogP contribution in [0.1, 0.15) is 63.2 Å². The molecule has 0 saturated heterocycles. The van der Waals surface area contributed by atoms with Crippen LogP contribution in [0.3, 0.4) is 0 Å². The van der Waals surface area contributed by atoms with E-state index >= 15 is 0 Å². The van der Waals surface area contributed by atoms with Crippen LogP contribution in [-0.2, 0) is 20.9 Å². The van der Waals surface area contributed by atoms with Crippen LogP contribution in [0, 0.1) is 6.92 Å². The second kappa shape index (κ2) is 13.0. The summed E-state index contributed by atoms with van der Waals surface area (Å²) in [6.45, 7) is 7.46. The molecule has 11 nitrogen and oxygen atoms in total. The maximum atomic E-state index is 13.9. The third-order valence-electron chi connectivity index (χ3n) is 6.32. The number of aromatic nitrogens is 1. The van der Waals surface area contributed by atoms with E-state index in [0.717, 1.165) is 0 Å². The van der Waals surface area contributed by atoms with Crippen molar-refractivity contribution in [2.45, 2.75) is 65.1 Å². The van der Waals surface area contributed by atoms with Gasteiger partial charge in [-0.1, -0.05) is 24.2 Å². The maximum Gasteiger partial charge on any atom is 0.248 e. The van der Waals surface area contributed by atoms with Gasteiger partial charge in [0.1, 0.15) is 17.6 Å². The SMILES string of the molecule is CCC(C)(C)NC(=O)[C@@H](c1cccc(OC)c1OC)N(Cc1ccco1)C(=O)CCC(=O)Nc1cc(C)on1. The summed E-state index contributed by atoms with van der Waals surface area (Å²) in [5, 5.41) is 9.40. The molecule has 0 aliphatic heterocycles. The van der Waals surface area contributed by atoms with E-state index in [1.54, 1.807) is 43.3 Å². The second-order valence-corrected chi connectivity index (χ2v) is 9.68. The van der Waals surface area contributed by atoms with Crippen LogP contribution in [0.15, 0.2) is 51.6 Å². The van der Waals surface area contributed by atoms with Crippen LogP contribution in [0.25, 0.3) is 0 Å². The standard InChI is InChI=1S/C28H36N4O7/c1-7-28(3,4)30-27(35)25(20-11-8-12-21(36-5)26(20)37-6)32(17-19-10-9-15-38-19)24(34)14-13-23(33)29-22-16-18(2)39-31-22/h8-12,15-16,25H,7,13-14,17H2,1-6H3,(H,30,35)(H,29,31,33)/t25-/m1/s1. The number of aryl methyl sites for hydroxylation is 1. The van der Waals surface area contributed by atoms with Crippen LogP contribution in [0.5, 0.6) is 11.5 Å². The summed E-state index contributed by atoms with van der Waals surface area (Å²) >= 11 is 0. The summed E-state index contributed by atoms with van der Waals surface area (Å²) in [6, 6.07) is 9.04. The van der Waals surface area contributed by atoms with Crippen LogP contribution >= 0.6 is 0 Å². The molecule has 0 unspecified atom stereocenters. The smallest absolute Gasteiger partial charge is 0.248 e. The summed E-state index contributed by atoms with van der Waals surface area (Å²) in [5.41, 5.74) is -0.111. The van der Waals surface area contributed by atoms with Gasteiger partial charge in [0.15, 0.2) is 17.3 Å². The Morgan fingerprint density at radius 1 is 1.10 bits per heavy atom. The first-order chi connectivity index (χ1) is 18.6. The van der Waals surface area contributed by atoms with Crippen LogP contribution in [0.2, 0.25) is 0 Å². The van der Waals surface area contributed by atoms with Crippen molar-refractivity contribution in [2.24, 2.45) is 0 Å². The Kier molecular flexibility index (Phi) is 9.75. The van der Waals surface area contributed by atoms with Crippen molar-refractivity contribution in [1.82, 2.24) is 15.4 Å². The van der Waals surface area contributed by atoms with E-state index in [2.05, 4.69) is 15.8 Å². The highest BCUT2D eigenvalue weighted by Gasteiger charge is 2.37. The Balaban J connectivity index is 1.98. The quantitative estimate of drug-likeness (QED) is 0.326. The van der Waals surface area contributed by atoms with E-state index in [1.807, 2.05) is 20.8 Å². The molecule has 0 aliphatic rings. The number of hydrogen-bond donors (Lipinski definition) is 2. The van der Waals surface area contributed by atoms with E-state index in [9.17, 15) is 14.4 Å². The molecule has 0 saturated carbocycles. The van der Waals surface area contributed by atoms with Crippen LogP contribution in [0.4, 0.5) is 5.82 Å². The lowest BCUT2D eigenvalue weighted by Gasteiger charge is -2.35. The first kappa shape index (κ1) is 29.3. The largest absolute Gasteiger partial charge is 0.493 e. The first-order valence-electron chi connectivity index (χ1n) is 12.7. The molecule has 0 fully saturated rings. The van der Waals surface area contributed by atoms with Gasteiger partial charge in [-0.25, -0.2) is 0 Å². The van der Waals surface area contributed by atoms with Gasteiger partial charge in [0.25, 0.3) is 0 Å². The predicted molar refractivity (Wildman–Crippen MR) is 143 cm³/mol. The summed E-state index contributed by atoms with van der Waals surface area (Å²) in [5.74, 6) is 0.760. The molecule has 1 atom stereocenters. The van der Waals surface area contributed by atoms with E-state index in [0.29, 0.717) is 35.0 Å². The zero-order valence-electron chi connectivity index (χ0n) is 23.2. The van der Waals surface area contributed by atoms with Crippen LogP contribution in [-0.4, -0.2) is 47.5 Å². The molecule has 3 aromatic rings. The summed E-state index contributed by atoms with van der Waals surface area (Å²) < 4.78 is 21.6. The van der Waals surface area contributed by atoms with Gasteiger partial charge in [0.05, 0.1) is 27.0 Å². The molecule has 11 heteroatoms. The molecule has 3 rings (SSSR count). The van der Waals surface area contributed by atoms with Crippen molar-refractivity contribution in [2.75, 3.05) is 19.5 Å². The van der Waals surface area contributed by atoms with Gasteiger partial charge in [-0.15, -0.1) is 0 Å². The van der Waals surface area contributed by atoms with Gasteiger partial charge < -0.3 is 33.9 Å². The van der Waals surface area contributed by atoms with Crippen molar-refractivity contribution in [3.63, 3.8) is 0 Å². The molecule has 1 aromatic carbocycles. The number of benzene rings is 1. The molecule has 2 aromatic heterocycles. The highest BCUT2D eigenvalue weighted by atomic mass is 16.5. The monoisotopic (exact) mass is 540 g/mol. The number of para-hydroxylation sites is 1. The molecule has 2 N–H and O–H groups in total. The Morgan fingerprint density at radius 3 is 2.46 bits per heavy atom. The summed E-state index contributed by atoms with van der Waals surface area (Å²) in [6.07, 6.45) is 1.85. The Morgan fingerprint density at radius 2 is 1.87 bits per heavy atom. The van der Waals surface area contributed by atoms with Gasteiger partial charge in [-0.2, -0.15) is 0 Å². The molecular weight excluding hydrogens is 504 g/mol. The minimum atomic E-state index is -1.11. The topological polar surface area (TPSA) is 136 Å². The Hall–Kier alpha value is -4.28. The van der Waals surface area contributed by atoms with Crippen molar-refractivity contribution in [1.29, 1.82) is 0 Å². The fraction of sp³-hybridized carbons (Fsp3) is 0.429. The average Bonchev–Trinajstić information content (AvgIpc) is 3.57. The maximum absolute atomic E-state index is 13.9. The third kappa shape index (κ3) is 7.62. The molecule has 0 radical (unpaired) electrons. The molecule has 3 amide bonds. The highest BCUT2D eigenvalue weighted by Crippen LogP contribution is 2.38. The number of nitrogens with zero attached hydrogens (tertiary/aromatic N) is 2. The lowest BCUT2D eigenvalue weighted by atomic mass is 9.97. The lowest BCUT2D eigenvalue weighted by Crippen LogP contribution is -2.50. The van der Waals surface area contributed by atoms with Gasteiger partial charge in [-0.3, -0.25) is 14.4 Å². The van der Waals surface area contributed by atoms with E-state index in [4.69, 9.17) is 18.4 Å². The minimum absolute atomic E-state index is 0.0130. The van der Waals surface area contributed by atoms with Gasteiger partial charge in [-0.05, 0) is 45.4 Å². The first-order valence-corrected chi connectivity index (χ1v) is 12.7. The molecule has 2 heterocycles. The predicted octanol–water partition coefficient (Wildman–Crippen LogP) is 4.39. The zero-order valence-corrected chi connectivity index (χ0v) is 23.2. The number of hydrogen-bond acceptors (Lipinski definition) is 8. The molecule has 39 heavy (non-hydrogen) atoms. The summed E-state index contributed by atoms with van der Waals surface area (Å²) in [7, 11) is 2.97. The average molecular weight is 541 g/mol. The van der Waals surface area contributed by atoms with E-state index in [-0.39, 0.29) is 25.2 Å². The van der Waals surface area contributed by atoms with Gasteiger partial charge >= 0.3 is 0 Å². The number of rotatable bonds is 13. The molecule has 210 valence electrons.